The molecule has 4 rings (SSSR count). The number of fused-ring (bicyclic) bond motifs is 1. The Balaban J connectivity index is 1.39. The number of aromatic nitrogens is 2. The molecule has 1 aromatic heterocycles. The molecule has 2 aromatic carbocycles. The van der Waals surface area contributed by atoms with Crippen molar-refractivity contribution in [3.8, 4) is 5.75 Å². The number of hydrogen-bond donors (Lipinski definition) is 0. The summed E-state index contributed by atoms with van der Waals surface area (Å²) < 4.78 is 7.62. The van der Waals surface area contributed by atoms with Crippen LogP contribution < -0.4 is 4.74 Å². The van der Waals surface area contributed by atoms with Crippen LogP contribution >= 0.6 is 0 Å². The van der Waals surface area contributed by atoms with Gasteiger partial charge in [-0.3, -0.25) is 9.80 Å². The molecule has 28 heavy (non-hydrogen) atoms. The number of aryl methyl sites for hydroxylation is 1. The SMILES string of the molecule is CCn1c(CN2CCCN(Cc3ccc(OC)cc3)CC2)nc2ccccc21. The highest BCUT2D eigenvalue weighted by atomic mass is 16.5. The molecule has 3 aromatic rings. The summed E-state index contributed by atoms with van der Waals surface area (Å²) in [7, 11) is 1.71. The molecule has 148 valence electrons. The standard InChI is InChI=1S/C23H30N4O/c1-3-27-22-8-5-4-7-21(22)24-23(27)18-26-14-6-13-25(15-16-26)17-19-9-11-20(28-2)12-10-19/h4-5,7-12H,3,6,13-18H2,1-2H3. The highest BCUT2D eigenvalue weighted by molar-refractivity contribution is 5.75. The molecule has 1 aliphatic rings. The number of benzene rings is 2. The van der Waals surface area contributed by atoms with Crippen LogP contribution in [0.3, 0.4) is 0 Å². The molecular weight excluding hydrogens is 348 g/mol. The van der Waals surface area contributed by atoms with Crippen LogP contribution in [0.2, 0.25) is 0 Å². The van der Waals surface area contributed by atoms with Gasteiger partial charge in [-0.2, -0.15) is 0 Å². The molecule has 0 aliphatic carbocycles. The van der Waals surface area contributed by atoms with E-state index in [9.17, 15) is 0 Å². The van der Waals surface area contributed by atoms with Crippen LogP contribution in [-0.4, -0.2) is 52.6 Å². The molecule has 0 spiro atoms. The maximum absolute atomic E-state index is 5.26. The first-order valence-electron chi connectivity index (χ1n) is 10.3. The van der Waals surface area contributed by atoms with E-state index >= 15 is 0 Å². The molecule has 5 heteroatoms. The maximum atomic E-state index is 5.26. The molecule has 0 unspecified atom stereocenters. The minimum absolute atomic E-state index is 0.921. The molecule has 0 radical (unpaired) electrons. The summed E-state index contributed by atoms with van der Waals surface area (Å²) in [4.78, 5) is 10.0. The van der Waals surface area contributed by atoms with Gasteiger partial charge in [-0.05, 0) is 56.3 Å². The van der Waals surface area contributed by atoms with Crippen molar-refractivity contribution < 1.29 is 4.74 Å². The molecule has 1 fully saturated rings. The van der Waals surface area contributed by atoms with Crippen molar-refractivity contribution in [3.05, 3.63) is 59.9 Å². The lowest BCUT2D eigenvalue weighted by Crippen LogP contribution is -2.31. The van der Waals surface area contributed by atoms with Gasteiger partial charge in [0.15, 0.2) is 0 Å². The molecule has 0 amide bonds. The van der Waals surface area contributed by atoms with E-state index in [0.29, 0.717) is 0 Å². The van der Waals surface area contributed by atoms with Gasteiger partial charge in [0, 0.05) is 26.2 Å². The molecule has 0 N–H and O–H groups in total. The van der Waals surface area contributed by atoms with Crippen molar-refractivity contribution in [3.63, 3.8) is 0 Å². The minimum Gasteiger partial charge on any atom is -0.497 e. The summed E-state index contributed by atoms with van der Waals surface area (Å²) in [5, 5.41) is 0. The van der Waals surface area contributed by atoms with Crippen LogP contribution in [0.25, 0.3) is 11.0 Å². The number of ether oxygens (including phenoxy) is 1. The predicted molar refractivity (Wildman–Crippen MR) is 114 cm³/mol. The zero-order chi connectivity index (χ0) is 19.3. The van der Waals surface area contributed by atoms with Crippen LogP contribution in [0.5, 0.6) is 5.75 Å². The minimum atomic E-state index is 0.921. The molecule has 1 aliphatic heterocycles. The summed E-state index contributed by atoms with van der Waals surface area (Å²) >= 11 is 0. The molecule has 2 heterocycles. The largest absolute Gasteiger partial charge is 0.497 e. The van der Waals surface area contributed by atoms with Crippen molar-refractivity contribution in [1.82, 2.24) is 19.4 Å². The zero-order valence-corrected chi connectivity index (χ0v) is 17.0. The number of para-hydroxylation sites is 2. The first kappa shape index (κ1) is 19.0. The van der Waals surface area contributed by atoms with Crippen LogP contribution in [0, 0.1) is 0 Å². The summed E-state index contributed by atoms with van der Waals surface area (Å²) in [6.07, 6.45) is 1.20. The topological polar surface area (TPSA) is 33.5 Å². The Morgan fingerprint density at radius 2 is 1.61 bits per heavy atom. The van der Waals surface area contributed by atoms with Gasteiger partial charge in [0.05, 0.1) is 24.7 Å². The molecule has 1 saturated heterocycles. The number of imidazole rings is 1. The van der Waals surface area contributed by atoms with E-state index in [1.165, 1.54) is 23.3 Å². The fourth-order valence-electron chi connectivity index (χ4n) is 4.13. The smallest absolute Gasteiger partial charge is 0.124 e. The lowest BCUT2D eigenvalue weighted by atomic mass is 10.2. The van der Waals surface area contributed by atoms with Crippen LogP contribution in [0.15, 0.2) is 48.5 Å². The number of hydrogen-bond acceptors (Lipinski definition) is 4. The van der Waals surface area contributed by atoms with Gasteiger partial charge in [0.2, 0.25) is 0 Å². The number of nitrogens with zero attached hydrogens (tertiary/aromatic N) is 4. The normalized spacial score (nSPS) is 16.4. The lowest BCUT2D eigenvalue weighted by molar-refractivity contribution is 0.242. The second-order valence-corrected chi connectivity index (χ2v) is 7.51. The fourth-order valence-corrected chi connectivity index (χ4v) is 4.13. The van der Waals surface area contributed by atoms with Gasteiger partial charge in [-0.15, -0.1) is 0 Å². The Morgan fingerprint density at radius 1 is 0.893 bits per heavy atom. The van der Waals surface area contributed by atoms with E-state index in [0.717, 1.165) is 57.1 Å². The van der Waals surface area contributed by atoms with Gasteiger partial charge in [-0.1, -0.05) is 24.3 Å². The second kappa shape index (κ2) is 8.76. The molecule has 0 saturated carbocycles. The van der Waals surface area contributed by atoms with Crippen molar-refractivity contribution >= 4 is 11.0 Å². The first-order valence-corrected chi connectivity index (χ1v) is 10.3. The Labute approximate surface area is 167 Å². The van der Waals surface area contributed by atoms with Crippen LogP contribution in [0.4, 0.5) is 0 Å². The quantitative estimate of drug-likeness (QED) is 0.654. The summed E-state index contributed by atoms with van der Waals surface area (Å²) in [6.45, 7) is 9.56. The van der Waals surface area contributed by atoms with E-state index in [4.69, 9.17) is 9.72 Å². The predicted octanol–water partition coefficient (Wildman–Crippen LogP) is 3.77. The maximum Gasteiger partial charge on any atom is 0.124 e. The van der Waals surface area contributed by atoms with Crippen molar-refractivity contribution in [2.75, 3.05) is 33.3 Å². The summed E-state index contributed by atoms with van der Waals surface area (Å²) in [5.74, 6) is 2.11. The third kappa shape index (κ3) is 4.21. The number of methoxy groups -OCH3 is 1. The van der Waals surface area contributed by atoms with E-state index < -0.39 is 0 Å². The summed E-state index contributed by atoms with van der Waals surface area (Å²) in [6, 6.07) is 16.9. The van der Waals surface area contributed by atoms with E-state index in [-0.39, 0.29) is 0 Å². The van der Waals surface area contributed by atoms with Gasteiger partial charge in [-0.25, -0.2) is 4.98 Å². The Hall–Kier alpha value is -2.37. The number of rotatable bonds is 6. The van der Waals surface area contributed by atoms with Gasteiger partial charge >= 0.3 is 0 Å². The van der Waals surface area contributed by atoms with Crippen molar-refractivity contribution in [1.29, 1.82) is 0 Å². The van der Waals surface area contributed by atoms with E-state index in [1.54, 1.807) is 7.11 Å². The van der Waals surface area contributed by atoms with Crippen molar-refractivity contribution in [2.24, 2.45) is 0 Å². The van der Waals surface area contributed by atoms with Crippen LogP contribution in [0.1, 0.15) is 24.7 Å². The fraction of sp³-hybridized carbons (Fsp3) is 0.435. The molecular formula is C23H30N4O. The van der Waals surface area contributed by atoms with Crippen molar-refractivity contribution in [2.45, 2.75) is 33.0 Å². The lowest BCUT2D eigenvalue weighted by Gasteiger charge is -2.22. The Kier molecular flexibility index (Phi) is 5.93. The Bertz CT molecular complexity index is 903. The second-order valence-electron chi connectivity index (χ2n) is 7.51. The highest BCUT2D eigenvalue weighted by Crippen LogP contribution is 2.19. The average molecular weight is 379 g/mol. The average Bonchev–Trinajstić information content (AvgIpc) is 2.93. The van der Waals surface area contributed by atoms with E-state index in [1.807, 2.05) is 0 Å². The molecule has 0 bridgehead atoms. The Morgan fingerprint density at radius 3 is 2.32 bits per heavy atom. The molecule has 0 atom stereocenters. The van der Waals surface area contributed by atoms with Crippen LogP contribution in [-0.2, 0) is 19.6 Å². The van der Waals surface area contributed by atoms with Gasteiger partial charge in [0.1, 0.15) is 11.6 Å². The summed E-state index contributed by atoms with van der Waals surface area (Å²) in [5.41, 5.74) is 3.70. The first-order chi connectivity index (χ1) is 13.8. The third-order valence-electron chi connectivity index (χ3n) is 5.66. The van der Waals surface area contributed by atoms with E-state index in [2.05, 4.69) is 69.8 Å². The third-order valence-corrected chi connectivity index (χ3v) is 5.66. The van der Waals surface area contributed by atoms with Gasteiger partial charge < -0.3 is 9.30 Å². The molecule has 5 nitrogen and oxygen atoms in total. The zero-order valence-electron chi connectivity index (χ0n) is 17.0. The highest BCUT2D eigenvalue weighted by Gasteiger charge is 2.18. The van der Waals surface area contributed by atoms with Gasteiger partial charge in [0.25, 0.3) is 0 Å². The monoisotopic (exact) mass is 378 g/mol.